The zero-order chi connectivity index (χ0) is 17.2. The lowest BCUT2D eigenvalue weighted by molar-refractivity contribution is 0.208. The van der Waals surface area contributed by atoms with Crippen molar-refractivity contribution >= 4 is 39.8 Å². The van der Waals surface area contributed by atoms with Crippen LogP contribution < -0.4 is 5.32 Å². The van der Waals surface area contributed by atoms with E-state index in [2.05, 4.69) is 38.6 Å². The Morgan fingerprint density at radius 2 is 2.04 bits per heavy atom. The minimum atomic E-state index is 0.416. The number of likely N-dealkylation sites (tertiary alicyclic amines) is 1. The summed E-state index contributed by atoms with van der Waals surface area (Å²) in [6, 6.07) is 12.4. The molecule has 0 amide bonds. The van der Waals surface area contributed by atoms with Gasteiger partial charge in [-0.15, -0.1) is 0 Å². The second kappa shape index (κ2) is 7.24. The van der Waals surface area contributed by atoms with Gasteiger partial charge in [-0.2, -0.15) is 5.10 Å². The molecule has 1 saturated heterocycles. The molecule has 1 unspecified atom stereocenters. The number of H-pyrrole nitrogens is 1. The highest BCUT2D eigenvalue weighted by Crippen LogP contribution is 2.27. The van der Waals surface area contributed by atoms with E-state index in [0.717, 1.165) is 64.7 Å². The van der Waals surface area contributed by atoms with Gasteiger partial charge in [0.05, 0.1) is 11.7 Å². The summed E-state index contributed by atoms with van der Waals surface area (Å²) in [5.41, 5.74) is 3.21. The molecule has 0 bridgehead atoms. The second-order valence-corrected chi connectivity index (χ2v) is 7.41. The van der Waals surface area contributed by atoms with E-state index in [4.69, 9.17) is 23.2 Å². The summed E-state index contributed by atoms with van der Waals surface area (Å²) < 4.78 is 0. The number of hydrogen-bond acceptors (Lipinski definition) is 3. The predicted octanol–water partition coefficient (Wildman–Crippen LogP) is 4.95. The van der Waals surface area contributed by atoms with E-state index in [1.54, 1.807) is 0 Å². The topological polar surface area (TPSA) is 44.0 Å². The molecule has 0 radical (unpaired) electrons. The van der Waals surface area contributed by atoms with Crippen LogP contribution in [0.25, 0.3) is 10.9 Å². The molecule has 1 fully saturated rings. The van der Waals surface area contributed by atoms with Crippen molar-refractivity contribution in [3.8, 4) is 0 Å². The third-order valence-electron chi connectivity index (χ3n) is 4.76. The predicted molar refractivity (Wildman–Crippen MR) is 104 cm³/mol. The molecule has 3 aromatic rings. The highest BCUT2D eigenvalue weighted by Gasteiger charge is 2.21. The van der Waals surface area contributed by atoms with E-state index in [-0.39, 0.29) is 0 Å². The Bertz CT molecular complexity index is 856. The van der Waals surface area contributed by atoms with Gasteiger partial charge < -0.3 is 5.32 Å². The molecule has 1 aliphatic rings. The zero-order valence-electron chi connectivity index (χ0n) is 13.8. The fraction of sp³-hybridized carbons (Fsp3) is 0.316. The largest absolute Gasteiger partial charge is 0.381 e. The van der Waals surface area contributed by atoms with Gasteiger partial charge in [0, 0.05) is 45.8 Å². The van der Waals surface area contributed by atoms with E-state index in [9.17, 15) is 0 Å². The Labute approximate surface area is 157 Å². The fourth-order valence-electron chi connectivity index (χ4n) is 3.49. The molecule has 130 valence electrons. The first-order valence-corrected chi connectivity index (χ1v) is 9.29. The van der Waals surface area contributed by atoms with Gasteiger partial charge in [-0.05, 0) is 49.7 Å². The van der Waals surface area contributed by atoms with Crippen LogP contribution in [-0.2, 0) is 6.54 Å². The molecule has 2 aromatic carbocycles. The summed E-state index contributed by atoms with van der Waals surface area (Å²) in [6.07, 6.45) is 4.18. The van der Waals surface area contributed by atoms with Gasteiger partial charge in [-0.3, -0.25) is 10.00 Å². The minimum Gasteiger partial charge on any atom is -0.381 e. The molecule has 25 heavy (non-hydrogen) atoms. The van der Waals surface area contributed by atoms with Crippen molar-refractivity contribution in [1.29, 1.82) is 0 Å². The molecule has 0 aliphatic carbocycles. The van der Waals surface area contributed by atoms with E-state index < -0.39 is 0 Å². The maximum atomic E-state index is 6.32. The van der Waals surface area contributed by atoms with Crippen molar-refractivity contribution in [2.24, 2.45) is 0 Å². The van der Waals surface area contributed by atoms with Gasteiger partial charge in [0.25, 0.3) is 0 Å². The van der Waals surface area contributed by atoms with Crippen molar-refractivity contribution in [2.75, 3.05) is 18.4 Å². The van der Waals surface area contributed by atoms with Crippen LogP contribution in [0, 0.1) is 0 Å². The van der Waals surface area contributed by atoms with Gasteiger partial charge in [-0.1, -0.05) is 29.3 Å². The third kappa shape index (κ3) is 3.76. The zero-order valence-corrected chi connectivity index (χ0v) is 15.3. The van der Waals surface area contributed by atoms with Gasteiger partial charge in [-0.25, -0.2) is 0 Å². The van der Waals surface area contributed by atoms with Crippen LogP contribution in [0.2, 0.25) is 10.0 Å². The van der Waals surface area contributed by atoms with Crippen molar-refractivity contribution in [3.05, 3.63) is 58.2 Å². The number of fused-ring (bicyclic) bond motifs is 1. The minimum absolute atomic E-state index is 0.416. The number of hydrogen-bond donors (Lipinski definition) is 2. The number of anilines is 1. The molecule has 6 heteroatoms. The third-order valence-corrected chi connectivity index (χ3v) is 5.47. The van der Waals surface area contributed by atoms with Gasteiger partial charge in [0.15, 0.2) is 0 Å². The Kier molecular flexibility index (Phi) is 4.84. The Hall–Kier alpha value is -1.75. The first-order chi connectivity index (χ1) is 12.2. The van der Waals surface area contributed by atoms with E-state index in [1.807, 2.05) is 24.4 Å². The molecule has 1 aliphatic heterocycles. The number of halogens is 2. The van der Waals surface area contributed by atoms with Crippen LogP contribution >= 0.6 is 23.2 Å². The summed E-state index contributed by atoms with van der Waals surface area (Å²) in [5, 5.41) is 13.3. The molecule has 0 spiro atoms. The fourth-order valence-corrected chi connectivity index (χ4v) is 4.01. The number of nitrogens with zero attached hydrogens (tertiary/aromatic N) is 2. The maximum Gasteiger partial charge on any atom is 0.0651 e. The van der Waals surface area contributed by atoms with Gasteiger partial charge in [0.2, 0.25) is 0 Å². The van der Waals surface area contributed by atoms with E-state index in [0.29, 0.717) is 6.04 Å². The van der Waals surface area contributed by atoms with Crippen LogP contribution in [0.4, 0.5) is 5.69 Å². The maximum absolute atomic E-state index is 6.32. The number of aromatic nitrogens is 2. The SMILES string of the molecule is Clc1cccc(Cl)c1CN1CCCC(Nc2ccc3[nH]ncc3c2)C1. The summed E-state index contributed by atoms with van der Waals surface area (Å²) in [4.78, 5) is 2.42. The van der Waals surface area contributed by atoms with E-state index >= 15 is 0 Å². The van der Waals surface area contributed by atoms with Crippen LogP contribution in [0.1, 0.15) is 18.4 Å². The first kappa shape index (κ1) is 16.7. The monoisotopic (exact) mass is 374 g/mol. The van der Waals surface area contributed by atoms with E-state index in [1.165, 1.54) is 0 Å². The quantitative estimate of drug-likeness (QED) is 0.679. The van der Waals surface area contributed by atoms with Crippen LogP contribution in [0.15, 0.2) is 42.6 Å². The molecular weight excluding hydrogens is 355 g/mol. The van der Waals surface area contributed by atoms with Gasteiger partial charge in [0.1, 0.15) is 0 Å². The molecular formula is C19H20Cl2N4. The Morgan fingerprint density at radius 3 is 2.88 bits per heavy atom. The molecule has 1 atom stereocenters. The smallest absolute Gasteiger partial charge is 0.0651 e. The number of piperidine rings is 1. The lowest BCUT2D eigenvalue weighted by Gasteiger charge is -2.34. The molecule has 2 N–H and O–H groups in total. The normalized spacial score (nSPS) is 18.6. The molecule has 4 rings (SSSR count). The average molecular weight is 375 g/mol. The summed E-state index contributed by atoms with van der Waals surface area (Å²) in [7, 11) is 0. The van der Waals surface area contributed by atoms with Crippen LogP contribution in [0.5, 0.6) is 0 Å². The molecule has 1 aromatic heterocycles. The van der Waals surface area contributed by atoms with Crippen molar-refractivity contribution in [3.63, 3.8) is 0 Å². The van der Waals surface area contributed by atoms with Crippen molar-refractivity contribution in [2.45, 2.75) is 25.4 Å². The van der Waals surface area contributed by atoms with Crippen LogP contribution in [-0.4, -0.2) is 34.2 Å². The summed E-state index contributed by atoms with van der Waals surface area (Å²) in [6.45, 7) is 2.84. The number of rotatable bonds is 4. The average Bonchev–Trinajstić information content (AvgIpc) is 3.06. The Balaban J connectivity index is 1.43. The highest BCUT2D eigenvalue weighted by atomic mass is 35.5. The van der Waals surface area contributed by atoms with Crippen molar-refractivity contribution in [1.82, 2.24) is 15.1 Å². The first-order valence-electron chi connectivity index (χ1n) is 8.54. The second-order valence-electron chi connectivity index (χ2n) is 6.59. The standard InChI is InChI=1S/C19H20Cl2N4/c20-17-4-1-5-18(21)16(17)12-25-8-2-3-15(11-25)23-14-6-7-19-13(9-14)10-22-24-19/h1,4-7,9-10,15,23H,2-3,8,11-12H2,(H,22,24). The number of nitrogens with one attached hydrogen (secondary N) is 2. The van der Waals surface area contributed by atoms with Crippen molar-refractivity contribution < 1.29 is 0 Å². The van der Waals surface area contributed by atoms with Gasteiger partial charge >= 0.3 is 0 Å². The lowest BCUT2D eigenvalue weighted by atomic mass is 10.0. The lowest BCUT2D eigenvalue weighted by Crippen LogP contribution is -2.41. The molecule has 0 saturated carbocycles. The molecule has 4 nitrogen and oxygen atoms in total. The van der Waals surface area contributed by atoms with Crippen LogP contribution in [0.3, 0.4) is 0 Å². The molecule has 2 heterocycles. The highest BCUT2D eigenvalue weighted by molar-refractivity contribution is 6.35. The number of benzene rings is 2. The summed E-state index contributed by atoms with van der Waals surface area (Å²) in [5.74, 6) is 0. The summed E-state index contributed by atoms with van der Waals surface area (Å²) >= 11 is 12.6. The number of aromatic amines is 1. The Morgan fingerprint density at radius 1 is 1.20 bits per heavy atom.